The lowest BCUT2D eigenvalue weighted by molar-refractivity contribution is -0.143. The molecular formula is C19H32O8. The molecule has 0 bridgehead atoms. The Kier molecular flexibility index (Phi) is 11.8. The van der Waals surface area contributed by atoms with Crippen LogP contribution in [0.25, 0.3) is 0 Å². The van der Waals surface area contributed by atoms with Gasteiger partial charge in [-0.1, -0.05) is 27.0 Å². The molecule has 8 nitrogen and oxygen atoms in total. The Morgan fingerprint density at radius 2 is 1.15 bits per heavy atom. The Bertz CT molecular complexity index is 468. The van der Waals surface area contributed by atoms with Gasteiger partial charge < -0.3 is 29.2 Å². The van der Waals surface area contributed by atoms with Crippen LogP contribution in [0.3, 0.4) is 0 Å². The molecule has 27 heavy (non-hydrogen) atoms. The summed E-state index contributed by atoms with van der Waals surface area (Å²) in [6.07, 6.45) is -1.87. The number of hydrogen-bond acceptors (Lipinski definition) is 8. The van der Waals surface area contributed by atoms with Crippen LogP contribution in [-0.2, 0) is 28.5 Å². The lowest BCUT2D eigenvalue weighted by Crippen LogP contribution is -2.32. The molecule has 156 valence electrons. The topological polar surface area (TPSA) is 112 Å². The second kappa shape index (κ2) is 12.6. The summed E-state index contributed by atoms with van der Waals surface area (Å²) < 4.78 is 20.5. The van der Waals surface area contributed by atoms with Gasteiger partial charge in [-0.15, -0.1) is 0 Å². The first-order valence-electron chi connectivity index (χ1n) is 8.61. The van der Waals surface area contributed by atoms with Gasteiger partial charge >= 0.3 is 11.9 Å². The van der Waals surface area contributed by atoms with Crippen molar-refractivity contribution < 1.29 is 38.7 Å². The fourth-order valence-electron chi connectivity index (χ4n) is 1.67. The molecule has 2 atom stereocenters. The van der Waals surface area contributed by atoms with Gasteiger partial charge in [0.15, 0.2) is 0 Å². The summed E-state index contributed by atoms with van der Waals surface area (Å²) in [6.45, 7) is 14.0. The van der Waals surface area contributed by atoms with Gasteiger partial charge in [0.25, 0.3) is 0 Å². The van der Waals surface area contributed by atoms with E-state index in [9.17, 15) is 19.8 Å². The molecule has 0 radical (unpaired) electrons. The Morgan fingerprint density at radius 3 is 1.44 bits per heavy atom. The number of aliphatic hydroxyl groups is 2. The van der Waals surface area contributed by atoms with Crippen LogP contribution in [0.4, 0.5) is 0 Å². The number of aliphatic hydroxyl groups excluding tert-OH is 2. The van der Waals surface area contributed by atoms with Crippen molar-refractivity contribution >= 4 is 11.9 Å². The standard InChI is InChI=1S/C19H32O8/c1-13(2)17(22)26-9-15(20)7-24-11-19(5,6)12-25-8-16(21)10-27-18(23)14(3)4/h15-16,20-21H,1,3,7-12H2,2,4-6H3. The zero-order valence-corrected chi connectivity index (χ0v) is 16.7. The van der Waals surface area contributed by atoms with Crippen molar-refractivity contribution in [3.63, 3.8) is 0 Å². The molecule has 0 aromatic rings. The van der Waals surface area contributed by atoms with Crippen LogP contribution in [0.15, 0.2) is 24.3 Å². The lowest BCUT2D eigenvalue weighted by atomic mass is 9.96. The number of carbonyl (C=O) groups is 2. The molecule has 2 unspecified atom stereocenters. The Hall–Kier alpha value is -1.74. The number of esters is 2. The Labute approximate surface area is 160 Å². The average Bonchev–Trinajstić information content (AvgIpc) is 2.56. The minimum absolute atomic E-state index is 0.00633. The molecule has 0 amide bonds. The number of rotatable bonds is 14. The molecule has 0 saturated heterocycles. The molecule has 0 rings (SSSR count). The highest BCUT2D eigenvalue weighted by Gasteiger charge is 2.21. The van der Waals surface area contributed by atoms with Gasteiger partial charge in [0.2, 0.25) is 0 Å². The fourth-order valence-corrected chi connectivity index (χ4v) is 1.67. The van der Waals surface area contributed by atoms with Gasteiger partial charge in [-0.3, -0.25) is 0 Å². The zero-order chi connectivity index (χ0) is 21.0. The summed E-state index contributed by atoms with van der Waals surface area (Å²) >= 11 is 0. The van der Waals surface area contributed by atoms with Crippen LogP contribution >= 0.6 is 0 Å². The molecule has 0 aromatic carbocycles. The van der Waals surface area contributed by atoms with Crippen LogP contribution in [-0.4, -0.2) is 74.0 Å². The molecule has 0 aromatic heterocycles. The fraction of sp³-hybridized carbons (Fsp3) is 0.684. The summed E-state index contributed by atoms with van der Waals surface area (Å²) in [7, 11) is 0. The molecule has 0 heterocycles. The van der Waals surface area contributed by atoms with Crippen LogP contribution in [0.5, 0.6) is 0 Å². The third-order valence-electron chi connectivity index (χ3n) is 3.12. The van der Waals surface area contributed by atoms with Crippen LogP contribution in [0.1, 0.15) is 27.7 Å². The highest BCUT2D eigenvalue weighted by Crippen LogP contribution is 2.16. The maximum Gasteiger partial charge on any atom is 0.333 e. The van der Waals surface area contributed by atoms with Crippen LogP contribution in [0.2, 0.25) is 0 Å². The Balaban J connectivity index is 3.93. The maximum atomic E-state index is 11.2. The van der Waals surface area contributed by atoms with Gasteiger partial charge in [0.1, 0.15) is 25.4 Å². The largest absolute Gasteiger partial charge is 0.460 e. The second-order valence-corrected chi connectivity index (χ2v) is 7.26. The first kappa shape index (κ1) is 25.3. The van der Waals surface area contributed by atoms with E-state index in [1.165, 1.54) is 13.8 Å². The third kappa shape index (κ3) is 13.1. The molecule has 0 spiro atoms. The minimum atomic E-state index is -0.935. The summed E-state index contributed by atoms with van der Waals surface area (Å²) in [5.74, 6) is -1.12. The predicted molar refractivity (Wildman–Crippen MR) is 99.0 cm³/mol. The normalized spacial score (nSPS) is 13.6. The smallest absolute Gasteiger partial charge is 0.333 e. The van der Waals surface area contributed by atoms with Crippen molar-refractivity contribution in [2.24, 2.45) is 5.41 Å². The minimum Gasteiger partial charge on any atom is -0.460 e. The van der Waals surface area contributed by atoms with Crippen molar-refractivity contribution in [2.45, 2.75) is 39.9 Å². The lowest BCUT2D eigenvalue weighted by Gasteiger charge is -2.25. The van der Waals surface area contributed by atoms with Gasteiger partial charge in [0.05, 0.1) is 26.4 Å². The number of carbonyl (C=O) groups excluding carboxylic acids is 2. The highest BCUT2D eigenvalue weighted by molar-refractivity contribution is 5.87. The van der Waals surface area contributed by atoms with E-state index >= 15 is 0 Å². The third-order valence-corrected chi connectivity index (χ3v) is 3.12. The summed E-state index contributed by atoms with van der Waals surface area (Å²) in [5, 5.41) is 19.4. The van der Waals surface area contributed by atoms with E-state index in [0.717, 1.165) is 0 Å². The predicted octanol–water partition coefficient (Wildman–Crippen LogP) is 1.01. The molecule has 2 N–H and O–H groups in total. The van der Waals surface area contributed by atoms with E-state index in [1.54, 1.807) is 0 Å². The molecule has 0 saturated carbocycles. The maximum absolute atomic E-state index is 11.2. The SMILES string of the molecule is C=C(C)C(=O)OCC(O)COCC(C)(C)COCC(O)COC(=O)C(=C)C. The molecule has 8 heteroatoms. The first-order chi connectivity index (χ1) is 12.4. The van der Waals surface area contributed by atoms with E-state index in [4.69, 9.17) is 18.9 Å². The summed E-state index contributed by atoms with van der Waals surface area (Å²) in [4.78, 5) is 22.5. The van der Waals surface area contributed by atoms with E-state index in [-0.39, 0.29) is 43.0 Å². The summed E-state index contributed by atoms with van der Waals surface area (Å²) in [5.41, 5.74) is 0.151. The quantitative estimate of drug-likeness (QED) is 0.335. The average molecular weight is 388 g/mol. The van der Waals surface area contributed by atoms with Crippen molar-refractivity contribution in [3.05, 3.63) is 24.3 Å². The molecular weight excluding hydrogens is 356 g/mol. The number of ether oxygens (including phenoxy) is 4. The van der Waals surface area contributed by atoms with E-state index in [0.29, 0.717) is 13.2 Å². The summed E-state index contributed by atoms with van der Waals surface area (Å²) in [6, 6.07) is 0. The monoisotopic (exact) mass is 388 g/mol. The van der Waals surface area contributed by atoms with Gasteiger partial charge in [-0.05, 0) is 13.8 Å². The molecule has 0 fully saturated rings. The molecule has 0 aliphatic heterocycles. The Morgan fingerprint density at radius 1 is 0.815 bits per heavy atom. The van der Waals surface area contributed by atoms with Gasteiger partial charge in [-0.25, -0.2) is 9.59 Å². The van der Waals surface area contributed by atoms with E-state index in [1.807, 2.05) is 13.8 Å². The van der Waals surface area contributed by atoms with Crippen molar-refractivity contribution in [1.82, 2.24) is 0 Å². The highest BCUT2D eigenvalue weighted by atomic mass is 16.6. The second-order valence-electron chi connectivity index (χ2n) is 7.26. The zero-order valence-electron chi connectivity index (χ0n) is 16.7. The van der Waals surface area contributed by atoms with Crippen molar-refractivity contribution in [3.8, 4) is 0 Å². The first-order valence-corrected chi connectivity index (χ1v) is 8.61. The van der Waals surface area contributed by atoms with Crippen molar-refractivity contribution in [2.75, 3.05) is 39.6 Å². The van der Waals surface area contributed by atoms with Gasteiger partial charge in [0, 0.05) is 16.6 Å². The van der Waals surface area contributed by atoms with Crippen molar-refractivity contribution in [1.29, 1.82) is 0 Å². The van der Waals surface area contributed by atoms with E-state index < -0.39 is 24.1 Å². The van der Waals surface area contributed by atoms with Crippen LogP contribution in [0, 0.1) is 5.41 Å². The molecule has 0 aliphatic rings. The molecule has 0 aliphatic carbocycles. The van der Waals surface area contributed by atoms with E-state index in [2.05, 4.69) is 13.2 Å². The van der Waals surface area contributed by atoms with Gasteiger partial charge in [-0.2, -0.15) is 0 Å². The number of hydrogen-bond donors (Lipinski definition) is 2. The van der Waals surface area contributed by atoms with Crippen LogP contribution < -0.4 is 0 Å².